The number of aromatic nitrogens is 2. The molecule has 6 nitrogen and oxygen atoms in total. The summed E-state index contributed by atoms with van der Waals surface area (Å²) in [5.74, 6) is -0.552. The van der Waals surface area contributed by atoms with Crippen LogP contribution in [0.5, 0.6) is 0 Å². The molecule has 0 spiro atoms. The van der Waals surface area contributed by atoms with Crippen molar-refractivity contribution in [3.05, 3.63) is 34.5 Å². The number of rotatable bonds is 2. The van der Waals surface area contributed by atoms with E-state index in [1.165, 1.54) is 0 Å². The first-order valence-electron chi connectivity index (χ1n) is 4.73. The predicted molar refractivity (Wildman–Crippen MR) is 62.9 cm³/mol. The molecule has 0 radical (unpaired) electrons. The zero-order valence-electron chi connectivity index (χ0n) is 8.90. The molecule has 0 atom stereocenters. The molecule has 3 N–H and O–H groups in total. The molecule has 2 rings (SSSR count). The summed E-state index contributed by atoms with van der Waals surface area (Å²) in [6.07, 6.45) is 0. The van der Waals surface area contributed by atoms with Crippen molar-refractivity contribution in [2.24, 2.45) is 0 Å². The molecule has 17 heavy (non-hydrogen) atoms. The topological polar surface area (TPSA) is 94.0 Å². The van der Waals surface area contributed by atoms with Crippen LogP contribution in [0.3, 0.4) is 0 Å². The Hall–Kier alpha value is -2.08. The van der Waals surface area contributed by atoms with Crippen LogP contribution in [0.4, 0.5) is 11.5 Å². The van der Waals surface area contributed by atoms with Gasteiger partial charge in [0.15, 0.2) is 0 Å². The van der Waals surface area contributed by atoms with E-state index in [-0.39, 0.29) is 11.5 Å². The highest BCUT2D eigenvalue weighted by atomic mass is 35.5. The smallest absolute Gasteiger partial charge is 0.281 e. The number of hydrogen-bond donors (Lipinski definition) is 2. The molecule has 0 unspecified atom stereocenters. The number of hydrogen-bond acceptors (Lipinski definition) is 5. The van der Waals surface area contributed by atoms with E-state index in [0.29, 0.717) is 10.7 Å². The van der Waals surface area contributed by atoms with Crippen LogP contribution in [0, 0.1) is 6.92 Å². The fraction of sp³-hybridized carbons (Fsp3) is 0.100. The number of aryl methyl sites for hydroxylation is 1. The number of nitrogens with one attached hydrogen (secondary N) is 1. The Morgan fingerprint density at radius 3 is 2.82 bits per heavy atom. The first kappa shape index (κ1) is 11.4. The Labute approximate surface area is 102 Å². The van der Waals surface area contributed by atoms with Gasteiger partial charge >= 0.3 is 0 Å². The molecule has 0 aliphatic carbocycles. The molecule has 0 aliphatic rings. The van der Waals surface area contributed by atoms with Gasteiger partial charge in [-0.2, -0.15) is 0 Å². The number of nitrogen functional groups attached to an aromatic ring is 1. The van der Waals surface area contributed by atoms with Gasteiger partial charge in [0, 0.05) is 10.7 Å². The Bertz CT molecular complexity index is 567. The van der Waals surface area contributed by atoms with Crippen molar-refractivity contribution >= 4 is 29.0 Å². The minimum absolute atomic E-state index is 0.0540. The summed E-state index contributed by atoms with van der Waals surface area (Å²) >= 11 is 5.93. The number of nitrogens with zero attached hydrogens (tertiary/aromatic N) is 2. The van der Waals surface area contributed by atoms with E-state index >= 15 is 0 Å². The van der Waals surface area contributed by atoms with E-state index in [2.05, 4.69) is 20.3 Å². The van der Waals surface area contributed by atoms with Crippen molar-refractivity contribution in [1.82, 2.24) is 10.3 Å². The number of anilines is 2. The summed E-state index contributed by atoms with van der Waals surface area (Å²) in [7, 11) is 0. The van der Waals surface area contributed by atoms with Gasteiger partial charge in [0.1, 0.15) is 0 Å². The van der Waals surface area contributed by atoms with Gasteiger partial charge in [-0.25, -0.2) is 4.63 Å². The maximum absolute atomic E-state index is 11.7. The van der Waals surface area contributed by atoms with Gasteiger partial charge in [-0.3, -0.25) is 4.79 Å². The fourth-order valence-electron chi connectivity index (χ4n) is 1.21. The molecular weight excluding hydrogens is 244 g/mol. The van der Waals surface area contributed by atoms with Gasteiger partial charge in [-0.15, -0.1) is 0 Å². The van der Waals surface area contributed by atoms with Crippen molar-refractivity contribution in [3.63, 3.8) is 0 Å². The second kappa shape index (κ2) is 4.42. The quantitative estimate of drug-likeness (QED) is 0.851. The van der Waals surface area contributed by atoms with Gasteiger partial charge in [0.25, 0.3) is 5.91 Å². The van der Waals surface area contributed by atoms with Crippen LogP contribution in [-0.4, -0.2) is 16.2 Å². The van der Waals surface area contributed by atoms with Crippen molar-refractivity contribution in [1.29, 1.82) is 0 Å². The zero-order chi connectivity index (χ0) is 12.4. The first-order valence-corrected chi connectivity index (χ1v) is 5.11. The van der Waals surface area contributed by atoms with Crippen molar-refractivity contribution in [2.45, 2.75) is 6.92 Å². The molecule has 2 aromatic rings. The van der Waals surface area contributed by atoms with E-state index in [4.69, 9.17) is 17.3 Å². The third kappa shape index (κ3) is 2.36. The lowest BCUT2D eigenvalue weighted by atomic mass is 10.2. The zero-order valence-corrected chi connectivity index (χ0v) is 9.65. The maximum Gasteiger partial charge on any atom is 0.281 e. The number of halogens is 1. The molecular formula is C10H9ClN4O2. The van der Waals surface area contributed by atoms with Crippen LogP contribution in [-0.2, 0) is 0 Å². The predicted octanol–water partition coefficient (Wildman–Crippen LogP) is 1.87. The SMILES string of the molecule is Cc1ccc(NC(=O)c2nonc2N)cc1Cl. The average Bonchev–Trinajstić information content (AvgIpc) is 2.70. The first-order chi connectivity index (χ1) is 8.08. The van der Waals surface area contributed by atoms with Crippen LogP contribution in [0.1, 0.15) is 16.1 Å². The minimum Gasteiger partial charge on any atom is -0.379 e. The van der Waals surface area contributed by atoms with Crippen molar-refractivity contribution < 1.29 is 9.42 Å². The Kier molecular flexibility index (Phi) is 2.97. The second-order valence-electron chi connectivity index (χ2n) is 3.42. The van der Waals surface area contributed by atoms with Crippen molar-refractivity contribution in [3.8, 4) is 0 Å². The molecule has 0 bridgehead atoms. The Morgan fingerprint density at radius 1 is 1.47 bits per heavy atom. The van der Waals surface area contributed by atoms with Gasteiger partial charge in [-0.1, -0.05) is 17.7 Å². The number of carbonyl (C=O) groups excluding carboxylic acids is 1. The molecule has 1 amide bonds. The molecule has 0 aliphatic heterocycles. The number of amides is 1. The summed E-state index contributed by atoms with van der Waals surface area (Å²) in [5, 5.41) is 9.86. The lowest BCUT2D eigenvalue weighted by Crippen LogP contribution is -2.14. The lowest BCUT2D eigenvalue weighted by Gasteiger charge is -2.04. The second-order valence-corrected chi connectivity index (χ2v) is 3.82. The van der Waals surface area contributed by atoms with Gasteiger partial charge in [0.2, 0.25) is 11.5 Å². The van der Waals surface area contributed by atoms with E-state index in [1.54, 1.807) is 18.2 Å². The van der Waals surface area contributed by atoms with Gasteiger partial charge < -0.3 is 11.1 Å². The average molecular weight is 253 g/mol. The third-order valence-electron chi connectivity index (χ3n) is 2.16. The highest BCUT2D eigenvalue weighted by Gasteiger charge is 2.16. The third-order valence-corrected chi connectivity index (χ3v) is 2.57. The maximum atomic E-state index is 11.7. The lowest BCUT2D eigenvalue weighted by molar-refractivity contribution is 0.101. The summed E-state index contributed by atoms with van der Waals surface area (Å²) in [6.45, 7) is 1.87. The molecule has 7 heteroatoms. The Balaban J connectivity index is 2.19. The van der Waals surface area contributed by atoms with Crippen LogP contribution in [0.2, 0.25) is 5.02 Å². The van der Waals surface area contributed by atoms with Crippen molar-refractivity contribution in [2.75, 3.05) is 11.1 Å². The van der Waals surface area contributed by atoms with Crippen LogP contribution in [0.25, 0.3) is 0 Å². The van der Waals surface area contributed by atoms with E-state index in [9.17, 15) is 4.79 Å². The van der Waals surface area contributed by atoms with Gasteiger partial charge in [0.05, 0.1) is 0 Å². The molecule has 0 saturated carbocycles. The molecule has 1 aromatic carbocycles. The molecule has 0 saturated heterocycles. The van der Waals surface area contributed by atoms with Crippen LogP contribution >= 0.6 is 11.6 Å². The number of nitrogens with two attached hydrogens (primary N) is 1. The highest BCUT2D eigenvalue weighted by molar-refractivity contribution is 6.31. The molecule has 1 aromatic heterocycles. The van der Waals surface area contributed by atoms with E-state index in [1.807, 2.05) is 6.92 Å². The standard InChI is InChI=1S/C10H9ClN4O2/c1-5-2-3-6(4-7(5)11)13-10(16)8-9(12)15-17-14-8/h2-4H,1H3,(H2,12,15)(H,13,16). The van der Waals surface area contributed by atoms with E-state index in [0.717, 1.165) is 5.56 Å². The van der Waals surface area contributed by atoms with E-state index < -0.39 is 5.91 Å². The van der Waals surface area contributed by atoms with Gasteiger partial charge in [-0.05, 0) is 34.9 Å². The largest absolute Gasteiger partial charge is 0.379 e. The summed E-state index contributed by atoms with van der Waals surface area (Å²) < 4.78 is 4.34. The van der Waals surface area contributed by atoms with Crippen LogP contribution in [0.15, 0.2) is 22.8 Å². The number of carbonyl (C=O) groups is 1. The number of benzene rings is 1. The minimum atomic E-state index is -0.497. The Morgan fingerprint density at radius 2 is 2.24 bits per heavy atom. The van der Waals surface area contributed by atoms with Crippen LogP contribution < -0.4 is 11.1 Å². The molecule has 1 heterocycles. The summed E-state index contributed by atoms with van der Waals surface area (Å²) in [5.41, 5.74) is 6.81. The fourth-order valence-corrected chi connectivity index (χ4v) is 1.39. The molecule has 88 valence electrons. The summed E-state index contributed by atoms with van der Waals surface area (Å²) in [6, 6.07) is 5.16. The monoisotopic (exact) mass is 252 g/mol. The summed E-state index contributed by atoms with van der Waals surface area (Å²) in [4.78, 5) is 11.7. The normalized spacial score (nSPS) is 10.2. The highest BCUT2D eigenvalue weighted by Crippen LogP contribution is 2.20. The molecule has 0 fully saturated rings.